The molecule has 0 saturated carbocycles. The maximum Gasteiger partial charge on any atom is 0.336 e. The predicted molar refractivity (Wildman–Crippen MR) is 113 cm³/mol. The zero-order valence-electron chi connectivity index (χ0n) is 17.0. The molecule has 7 nitrogen and oxygen atoms in total. The molecule has 9 heteroatoms. The van der Waals surface area contributed by atoms with E-state index in [4.69, 9.17) is 15.7 Å². The molecule has 0 spiro atoms. The Morgan fingerprint density at radius 1 is 1.19 bits per heavy atom. The van der Waals surface area contributed by atoms with E-state index in [1.807, 2.05) is 0 Å². The SMILES string of the molecule is COc1ccc(-c2c(C(=O)O)cc(N3CC(N)C3)nc2-c2ccc(C#N)c(F)c2)cc1F. The Hall–Kier alpha value is -4.03. The summed E-state index contributed by atoms with van der Waals surface area (Å²) in [4.78, 5) is 18.6. The van der Waals surface area contributed by atoms with Gasteiger partial charge in [-0.05, 0) is 35.9 Å². The normalized spacial score (nSPS) is 13.4. The summed E-state index contributed by atoms with van der Waals surface area (Å²) < 4.78 is 33.8. The van der Waals surface area contributed by atoms with Crippen molar-refractivity contribution in [3.8, 4) is 34.2 Å². The van der Waals surface area contributed by atoms with E-state index in [-0.39, 0.29) is 45.3 Å². The van der Waals surface area contributed by atoms with E-state index in [0.717, 1.165) is 12.1 Å². The molecule has 1 saturated heterocycles. The molecule has 1 aliphatic rings. The second-order valence-corrected chi connectivity index (χ2v) is 7.38. The fourth-order valence-electron chi connectivity index (χ4n) is 3.64. The van der Waals surface area contributed by atoms with Crippen LogP contribution in [0.2, 0.25) is 0 Å². The first-order valence-electron chi connectivity index (χ1n) is 9.65. The Balaban J connectivity index is 2.00. The van der Waals surface area contributed by atoms with Crippen molar-refractivity contribution in [1.82, 2.24) is 4.98 Å². The monoisotopic (exact) mass is 436 g/mol. The van der Waals surface area contributed by atoms with E-state index in [1.165, 1.54) is 37.4 Å². The molecule has 4 rings (SSSR count). The van der Waals surface area contributed by atoms with Crippen molar-refractivity contribution in [3.63, 3.8) is 0 Å². The number of nitrogens with two attached hydrogens (primary N) is 1. The van der Waals surface area contributed by atoms with E-state index in [0.29, 0.717) is 18.9 Å². The number of halogens is 2. The summed E-state index contributed by atoms with van der Waals surface area (Å²) in [6.07, 6.45) is 0. The van der Waals surface area contributed by atoms with Crippen molar-refractivity contribution in [2.45, 2.75) is 6.04 Å². The molecule has 0 radical (unpaired) electrons. The predicted octanol–water partition coefficient (Wildman–Crippen LogP) is 3.42. The molecule has 3 aromatic rings. The fourth-order valence-corrected chi connectivity index (χ4v) is 3.64. The first-order chi connectivity index (χ1) is 15.3. The first kappa shape index (κ1) is 21.2. The molecule has 1 aliphatic heterocycles. The van der Waals surface area contributed by atoms with Crippen molar-refractivity contribution < 1.29 is 23.4 Å². The minimum Gasteiger partial charge on any atom is -0.494 e. The van der Waals surface area contributed by atoms with Crippen LogP contribution in [-0.4, -0.2) is 42.3 Å². The van der Waals surface area contributed by atoms with E-state index < -0.39 is 17.6 Å². The summed E-state index contributed by atoms with van der Waals surface area (Å²) in [5.41, 5.74) is 6.32. The number of rotatable bonds is 5. The number of carboxylic acids is 1. The number of ether oxygens (including phenoxy) is 1. The number of hydrogen-bond donors (Lipinski definition) is 2. The van der Waals surface area contributed by atoms with Crippen molar-refractivity contribution in [2.24, 2.45) is 5.73 Å². The lowest BCUT2D eigenvalue weighted by molar-refractivity contribution is 0.0697. The number of aromatic nitrogens is 1. The van der Waals surface area contributed by atoms with Crippen LogP contribution in [0.1, 0.15) is 15.9 Å². The molecular weight excluding hydrogens is 418 g/mol. The Labute approximate surface area is 182 Å². The van der Waals surface area contributed by atoms with Gasteiger partial charge in [0.05, 0.1) is 23.9 Å². The van der Waals surface area contributed by atoms with Crippen LogP contribution < -0.4 is 15.4 Å². The molecule has 162 valence electrons. The zero-order chi connectivity index (χ0) is 23.0. The molecule has 1 fully saturated rings. The summed E-state index contributed by atoms with van der Waals surface area (Å²) in [7, 11) is 1.32. The molecule has 3 N–H and O–H groups in total. The van der Waals surface area contributed by atoms with Gasteiger partial charge in [0.15, 0.2) is 11.6 Å². The van der Waals surface area contributed by atoms with Crippen molar-refractivity contribution in [3.05, 3.63) is 65.2 Å². The van der Waals surface area contributed by atoms with Crippen LogP contribution in [0.4, 0.5) is 14.6 Å². The summed E-state index contributed by atoms with van der Waals surface area (Å²) in [5.74, 6) is -2.35. The highest BCUT2D eigenvalue weighted by atomic mass is 19.1. The average Bonchev–Trinajstić information content (AvgIpc) is 2.75. The topological polar surface area (TPSA) is 112 Å². The number of carboxylic acid groups (broad SMARTS) is 1. The van der Waals surface area contributed by atoms with Gasteiger partial charge in [0, 0.05) is 30.3 Å². The average molecular weight is 436 g/mol. The Morgan fingerprint density at radius 2 is 1.88 bits per heavy atom. The van der Waals surface area contributed by atoms with E-state index in [2.05, 4.69) is 4.98 Å². The van der Waals surface area contributed by atoms with Crippen LogP contribution in [-0.2, 0) is 0 Å². The minimum absolute atomic E-state index is 0.00395. The van der Waals surface area contributed by atoms with Crippen LogP contribution in [0.15, 0.2) is 42.5 Å². The number of hydrogen-bond acceptors (Lipinski definition) is 6. The number of methoxy groups -OCH3 is 1. The van der Waals surface area contributed by atoms with Gasteiger partial charge >= 0.3 is 5.97 Å². The van der Waals surface area contributed by atoms with Crippen LogP contribution in [0.5, 0.6) is 5.75 Å². The summed E-state index contributed by atoms with van der Waals surface area (Å²) >= 11 is 0. The number of nitriles is 1. The molecule has 0 atom stereocenters. The number of benzene rings is 2. The summed E-state index contributed by atoms with van der Waals surface area (Å²) in [5, 5.41) is 19.0. The third-order valence-electron chi connectivity index (χ3n) is 5.27. The van der Waals surface area contributed by atoms with Crippen molar-refractivity contribution in [1.29, 1.82) is 5.26 Å². The lowest BCUT2D eigenvalue weighted by atomic mass is 9.93. The van der Waals surface area contributed by atoms with E-state index in [1.54, 1.807) is 11.0 Å². The van der Waals surface area contributed by atoms with Gasteiger partial charge in [-0.1, -0.05) is 12.1 Å². The summed E-state index contributed by atoms with van der Waals surface area (Å²) in [6.45, 7) is 0.980. The number of pyridine rings is 1. The number of aromatic carboxylic acids is 1. The second kappa shape index (κ2) is 8.24. The van der Waals surface area contributed by atoms with Gasteiger partial charge < -0.3 is 20.5 Å². The number of nitrogens with zero attached hydrogens (tertiary/aromatic N) is 3. The van der Waals surface area contributed by atoms with Crippen molar-refractivity contribution >= 4 is 11.8 Å². The third kappa shape index (κ3) is 3.72. The first-order valence-corrected chi connectivity index (χ1v) is 9.65. The Bertz CT molecular complexity index is 1270. The molecule has 2 heterocycles. The number of carbonyl (C=O) groups is 1. The highest BCUT2D eigenvalue weighted by Gasteiger charge is 2.28. The van der Waals surface area contributed by atoms with Gasteiger partial charge in [-0.25, -0.2) is 18.6 Å². The largest absolute Gasteiger partial charge is 0.494 e. The van der Waals surface area contributed by atoms with Crippen LogP contribution >= 0.6 is 0 Å². The zero-order valence-corrected chi connectivity index (χ0v) is 17.0. The fraction of sp³-hybridized carbons (Fsp3) is 0.174. The maximum atomic E-state index is 14.5. The third-order valence-corrected chi connectivity index (χ3v) is 5.27. The van der Waals surface area contributed by atoms with Crippen LogP contribution in [0, 0.1) is 23.0 Å². The second-order valence-electron chi connectivity index (χ2n) is 7.38. The molecular formula is C23H18F2N4O3. The quantitative estimate of drug-likeness (QED) is 0.630. The molecule has 0 unspecified atom stereocenters. The van der Waals surface area contributed by atoms with Crippen molar-refractivity contribution in [2.75, 3.05) is 25.1 Å². The maximum absolute atomic E-state index is 14.5. The molecule has 0 amide bonds. The Morgan fingerprint density at radius 3 is 2.44 bits per heavy atom. The molecule has 1 aromatic heterocycles. The number of anilines is 1. The highest BCUT2D eigenvalue weighted by Crippen LogP contribution is 2.38. The molecule has 0 bridgehead atoms. The standard InChI is InChI=1S/C23H18F2N4O3/c1-32-19-5-4-12(6-18(19)25)21-16(23(30)31)8-20(29-10-15(27)11-29)28-22(21)13-2-3-14(9-26)17(24)7-13/h2-8,15H,10-11,27H2,1H3,(H,30,31). The van der Waals surface area contributed by atoms with Gasteiger partial charge in [0.25, 0.3) is 0 Å². The summed E-state index contributed by atoms with van der Waals surface area (Å²) in [6, 6.07) is 11.0. The smallest absolute Gasteiger partial charge is 0.336 e. The van der Waals surface area contributed by atoms with Gasteiger partial charge in [0.1, 0.15) is 17.7 Å². The lowest BCUT2D eigenvalue weighted by Gasteiger charge is -2.38. The van der Waals surface area contributed by atoms with Gasteiger partial charge in [-0.15, -0.1) is 0 Å². The van der Waals surface area contributed by atoms with E-state index in [9.17, 15) is 18.7 Å². The highest BCUT2D eigenvalue weighted by molar-refractivity contribution is 6.01. The molecule has 2 aromatic carbocycles. The Kier molecular flexibility index (Phi) is 5.47. The van der Waals surface area contributed by atoms with Gasteiger partial charge in [-0.2, -0.15) is 5.26 Å². The molecule has 32 heavy (non-hydrogen) atoms. The van der Waals surface area contributed by atoms with Crippen LogP contribution in [0.3, 0.4) is 0 Å². The minimum atomic E-state index is -1.25. The van der Waals surface area contributed by atoms with Crippen LogP contribution in [0.25, 0.3) is 22.4 Å². The molecule has 0 aliphatic carbocycles. The van der Waals surface area contributed by atoms with Gasteiger partial charge in [0.2, 0.25) is 0 Å². The lowest BCUT2D eigenvalue weighted by Crippen LogP contribution is -2.56. The van der Waals surface area contributed by atoms with Gasteiger partial charge in [-0.3, -0.25) is 0 Å². The van der Waals surface area contributed by atoms with E-state index >= 15 is 0 Å².